The number of hydrogen-bond acceptors (Lipinski definition) is 5. The quantitative estimate of drug-likeness (QED) is 0.326. The maximum atomic E-state index is 13.5. The van der Waals surface area contributed by atoms with Crippen molar-refractivity contribution in [3.8, 4) is 11.3 Å². The van der Waals surface area contributed by atoms with Gasteiger partial charge in [-0.3, -0.25) is 19.0 Å². The first-order chi connectivity index (χ1) is 15.8. The second-order valence-corrected chi connectivity index (χ2v) is 9.42. The topological polar surface area (TPSA) is 99.6 Å². The Balaban J connectivity index is 1.67. The van der Waals surface area contributed by atoms with Gasteiger partial charge in [0.25, 0.3) is 5.91 Å². The highest BCUT2D eigenvalue weighted by atomic mass is 35.5. The molecule has 0 saturated heterocycles. The van der Waals surface area contributed by atoms with Gasteiger partial charge in [0, 0.05) is 10.9 Å². The van der Waals surface area contributed by atoms with Crippen LogP contribution in [0.3, 0.4) is 0 Å². The van der Waals surface area contributed by atoms with E-state index in [4.69, 9.17) is 16.2 Å². The molecule has 10 heteroatoms. The molecule has 1 amide bonds. The summed E-state index contributed by atoms with van der Waals surface area (Å²) < 4.78 is 33.0. The molecule has 4 rings (SSSR count). The summed E-state index contributed by atoms with van der Waals surface area (Å²) in [7, 11) is -4.37. The number of halogens is 1. The third kappa shape index (κ3) is 5.77. The Kier molecular flexibility index (Phi) is 6.75. The first-order valence-electron chi connectivity index (χ1n) is 9.72. The number of benzene rings is 3. The van der Waals surface area contributed by atoms with Crippen LogP contribution in [0.5, 0.6) is 0 Å². The minimum Gasteiger partial charge on any atom is -0.279 e. The number of carbonyl (C=O) groups is 1. The molecule has 0 saturated carbocycles. The van der Waals surface area contributed by atoms with Gasteiger partial charge in [-0.1, -0.05) is 66.2 Å². The summed E-state index contributed by atoms with van der Waals surface area (Å²) in [6.45, 7) is 0.179. The zero-order chi connectivity index (χ0) is 23.4. The predicted molar refractivity (Wildman–Crippen MR) is 131 cm³/mol. The molecule has 7 nitrogen and oxygen atoms in total. The lowest BCUT2D eigenvalue weighted by atomic mass is 10.1. The van der Waals surface area contributed by atoms with Crippen LogP contribution in [0, 0.1) is 0 Å². The van der Waals surface area contributed by atoms with Gasteiger partial charge in [0.2, 0.25) is 0 Å². The standard InChI is InChI=1S/C23H18ClN3O4S2/c24-20-9-5-4-8-19(20)22(28)27(14-16-10-12-18(13-11-16)26-33(29,30)31)23-25-21(15-32-23)17-6-2-1-3-7-17/h1-13,15,26H,14H2,(H,29,30,31). The number of nitrogens with zero attached hydrogens (tertiary/aromatic N) is 2. The van der Waals surface area contributed by atoms with Crippen LogP contribution in [-0.2, 0) is 16.8 Å². The Hall–Kier alpha value is -3.24. The molecule has 0 aliphatic carbocycles. The molecule has 168 valence electrons. The SMILES string of the molecule is O=C(c1ccccc1Cl)N(Cc1ccc(NS(=O)(=O)O)cc1)c1nc(-c2ccccc2)cs1. The molecule has 1 aromatic heterocycles. The highest BCUT2D eigenvalue weighted by molar-refractivity contribution is 7.87. The minimum absolute atomic E-state index is 0.179. The van der Waals surface area contributed by atoms with E-state index in [0.717, 1.165) is 16.8 Å². The first kappa shape index (κ1) is 22.9. The van der Waals surface area contributed by atoms with Gasteiger partial charge in [0.15, 0.2) is 5.13 Å². The molecule has 0 bridgehead atoms. The summed E-state index contributed by atoms with van der Waals surface area (Å²) in [4.78, 5) is 19.7. The van der Waals surface area contributed by atoms with Crippen LogP contribution < -0.4 is 9.62 Å². The zero-order valence-electron chi connectivity index (χ0n) is 17.1. The number of nitrogens with one attached hydrogen (secondary N) is 1. The molecule has 0 radical (unpaired) electrons. The van der Waals surface area contributed by atoms with Gasteiger partial charge >= 0.3 is 10.3 Å². The van der Waals surface area contributed by atoms with E-state index in [1.165, 1.54) is 28.4 Å². The highest BCUT2D eigenvalue weighted by Gasteiger charge is 2.23. The fourth-order valence-corrected chi connectivity index (χ4v) is 4.63. The first-order valence-corrected chi connectivity index (χ1v) is 12.4. The van der Waals surface area contributed by atoms with Crippen molar-refractivity contribution in [2.45, 2.75) is 6.54 Å². The zero-order valence-corrected chi connectivity index (χ0v) is 19.4. The van der Waals surface area contributed by atoms with Crippen LogP contribution in [0.15, 0.2) is 84.2 Å². The van der Waals surface area contributed by atoms with Crippen LogP contribution >= 0.6 is 22.9 Å². The number of carbonyl (C=O) groups excluding carboxylic acids is 1. The molecular formula is C23H18ClN3O4S2. The molecule has 33 heavy (non-hydrogen) atoms. The lowest BCUT2D eigenvalue weighted by Crippen LogP contribution is -2.30. The van der Waals surface area contributed by atoms with E-state index in [-0.39, 0.29) is 18.1 Å². The monoisotopic (exact) mass is 499 g/mol. The van der Waals surface area contributed by atoms with Gasteiger partial charge in [0.1, 0.15) is 0 Å². The average molecular weight is 500 g/mol. The molecule has 0 aliphatic heterocycles. The summed E-state index contributed by atoms with van der Waals surface area (Å²) in [5.41, 5.74) is 2.96. The van der Waals surface area contributed by atoms with Crippen molar-refractivity contribution < 1.29 is 17.8 Å². The number of hydrogen-bond donors (Lipinski definition) is 2. The Bertz CT molecular complexity index is 1370. The number of amides is 1. The van der Waals surface area contributed by atoms with Crippen molar-refractivity contribution in [3.05, 3.63) is 100 Å². The minimum atomic E-state index is -4.37. The van der Waals surface area contributed by atoms with E-state index >= 15 is 0 Å². The normalized spacial score (nSPS) is 11.2. The van der Waals surface area contributed by atoms with E-state index in [1.54, 1.807) is 36.4 Å². The highest BCUT2D eigenvalue weighted by Crippen LogP contribution is 2.30. The van der Waals surface area contributed by atoms with Crippen molar-refractivity contribution >= 4 is 50.0 Å². The molecule has 2 N–H and O–H groups in total. The molecular weight excluding hydrogens is 482 g/mol. The third-order valence-corrected chi connectivity index (χ3v) is 6.37. The Morgan fingerprint density at radius 3 is 2.33 bits per heavy atom. The van der Waals surface area contributed by atoms with E-state index in [1.807, 2.05) is 40.4 Å². The lowest BCUT2D eigenvalue weighted by Gasteiger charge is -2.21. The van der Waals surface area contributed by atoms with Crippen molar-refractivity contribution in [3.63, 3.8) is 0 Å². The maximum Gasteiger partial charge on any atom is 0.357 e. The van der Waals surface area contributed by atoms with E-state index in [0.29, 0.717) is 15.7 Å². The van der Waals surface area contributed by atoms with Crippen molar-refractivity contribution in [1.29, 1.82) is 0 Å². The fourth-order valence-electron chi connectivity index (χ4n) is 3.15. The summed E-state index contributed by atoms with van der Waals surface area (Å²) in [5.74, 6) is -0.310. The van der Waals surface area contributed by atoms with Gasteiger partial charge in [-0.25, -0.2) is 4.98 Å². The Morgan fingerprint density at radius 1 is 1.00 bits per heavy atom. The van der Waals surface area contributed by atoms with Crippen LogP contribution in [-0.4, -0.2) is 23.9 Å². The Morgan fingerprint density at radius 2 is 1.67 bits per heavy atom. The summed E-state index contributed by atoms with van der Waals surface area (Å²) >= 11 is 7.62. The van der Waals surface area contributed by atoms with Crippen LogP contribution in [0.1, 0.15) is 15.9 Å². The third-order valence-electron chi connectivity index (χ3n) is 4.68. The molecule has 1 heterocycles. The number of rotatable bonds is 7. The summed E-state index contributed by atoms with van der Waals surface area (Å²) in [5, 5.41) is 2.72. The second-order valence-electron chi connectivity index (χ2n) is 7.03. The van der Waals surface area contributed by atoms with E-state index in [2.05, 4.69) is 4.98 Å². The number of aromatic nitrogens is 1. The predicted octanol–water partition coefficient (Wildman–Crippen LogP) is 5.53. The second kappa shape index (κ2) is 9.72. The van der Waals surface area contributed by atoms with Crippen molar-refractivity contribution in [1.82, 2.24) is 4.98 Å². The summed E-state index contributed by atoms with van der Waals surface area (Å²) in [6.07, 6.45) is 0. The van der Waals surface area contributed by atoms with Gasteiger partial charge in [0.05, 0.1) is 28.5 Å². The van der Waals surface area contributed by atoms with E-state index < -0.39 is 10.3 Å². The molecule has 0 atom stereocenters. The van der Waals surface area contributed by atoms with Gasteiger partial charge < -0.3 is 0 Å². The molecule has 0 fully saturated rings. The van der Waals surface area contributed by atoms with E-state index in [9.17, 15) is 13.2 Å². The van der Waals surface area contributed by atoms with Crippen LogP contribution in [0.4, 0.5) is 10.8 Å². The maximum absolute atomic E-state index is 13.5. The lowest BCUT2D eigenvalue weighted by molar-refractivity contribution is 0.0985. The largest absolute Gasteiger partial charge is 0.357 e. The molecule has 4 aromatic rings. The number of anilines is 2. The van der Waals surface area contributed by atoms with Gasteiger partial charge in [-0.2, -0.15) is 8.42 Å². The average Bonchev–Trinajstić information content (AvgIpc) is 3.28. The van der Waals surface area contributed by atoms with Gasteiger partial charge in [-0.05, 0) is 29.8 Å². The van der Waals surface area contributed by atoms with Crippen LogP contribution in [0.25, 0.3) is 11.3 Å². The molecule has 3 aromatic carbocycles. The van der Waals surface area contributed by atoms with Crippen molar-refractivity contribution in [2.24, 2.45) is 0 Å². The van der Waals surface area contributed by atoms with Gasteiger partial charge in [-0.15, -0.1) is 11.3 Å². The molecule has 0 spiro atoms. The number of thiazole rings is 1. The summed E-state index contributed by atoms with van der Waals surface area (Å²) in [6, 6.07) is 22.8. The van der Waals surface area contributed by atoms with Crippen LogP contribution in [0.2, 0.25) is 5.02 Å². The van der Waals surface area contributed by atoms with Crippen molar-refractivity contribution in [2.75, 3.05) is 9.62 Å². The fraction of sp³-hybridized carbons (Fsp3) is 0.0435. The Labute approximate surface area is 200 Å². The molecule has 0 aliphatic rings. The smallest absolute Gasteiger partial charge is 0.279 e. The molecule has 0 unspecified atom stereocenters.